The number of hydrogen-bond donors (Lipinski definition) is 1. The normalized spacial score (nSPS) is 11.7. The Labute approximate surface area is 263 Å². The van der Waals surface area contributed by atoms with E-state index in [-0.39, 0.29) is 34.5 Å². The summed E-state index contributed by atoms with van der Waals surface area (Å²) in [6, 6.07) is 10.0. The molecule has 0 saturated carbocycles. The molecule has 0 fully saturated rings. The Morgan fingerprint density at radius 2 is 1.00 bits per heavy atom. The Balaban J connectivity index is 0.00000760. The average molecular weight is 569 g/mol. The SMILES string of the molecule is CCCCCCCCCCCCc1ccc2c(S(=O)(=O)O)c(CCCCCCCCCCCC)ccc2c1.[NaH]. The van der Waals surface area contributed by atoms with Gasteiger partial charge in [0.15, 0.2) is 0 Å². The molecule has 0 atom stereocenters. The summed E-state index contributed by atoms with van der Waals surface area (Å²) in [5.41, 5.74) is 2.00. The standard InChI is InChI=1S/C34H56O3S.Na.H/c1-3-5-7-9-11-13-15-17-19-21-23-30-25-28-33-32(29-30)27-26-31(34(33)38(35,36)37)24-22-20-18-16-14-12-10-8-6-4-2;;/h25-29H,3-24H2,1-2H3,(H,35,36,37);;. The summed E-state index contributed by atoms with van der Waals surface area (Å²) >= 11 is 0. The Kier molecular flexibility index (Phi) is 20.9. The topological polar surface area (TPSA) is 54.4 Å². The van der Waals surface area contributed by atoms with E-state index in [1.54, 1.807) is 0 Å². The summed E-state index contributed by atoms with van der Waals surface area (Å²) in [7, 11) is -4.27. The third-order valence-electron chi connectivity index (χ3n) is 7.99. The Morgan fingerprint density at radius 3 is 1.46 bits per heavy atom. The van der Waals surface area contributed by atoms with Crippen LogP contribution in [0.15, 0.2) is 35.2 Å². The fourth-order valence-corrected chi connectivity index (χ4v) is 6.64. The zero-order chi connectivity index (χ0) is 27.5. The van der Waals surface area contributed by atoms with Crippen molar-refractivity contribution in [2.45, 2.75) is 160 Å². The van der Waals surface area contributed by atoms with Gasteiger partial charge in [0.05, 0.1) is 0 Å². The van der Waals surface area contributed by atoms with Crippen LogP contribution >= 0.6 is 0 Å². The number of fused-ring (bicyclic) bond motifs is 1. The van der Waals surface area contributed by atoms with E-state index in [0.29, 0.717) is 11.8 Å². The van der Waals surface area contributed by atoms with Crippen LogP contribution in [0.4, 0.5) is 0 Å². The first-order chi connectivity index (χ1) is 18.5. The van der Waals surface area contributed by atoms with Crippen molar-refractivity contribution in [3.8, 4) is 0 Å². The molecular formula is C34H57NaO3S. The zero-order valence-corrected chi connectivity index (χ0v) is 25.4. The van der Waals surface area contributed by atoms with Gasteiger partial charge in [-0.3, -0.25) is 4.55 Å². The predicted molar refractivity (Wildman–Crippen MR) is 172 cm³/mol. The van der Waals surface area contributed by atoms with E-state index in [4.69, 9.17) is 0 Å². The molecule has 1 N–H and O–H groups in total. The van der Waals surface area contributed by atoms with Gasteiger partial charge in [-0.1, -0.05) is 160 Å². The molecule has 0 aliphatic heterocycles. The number of unbranched alkanes of at least 4 members (excludes halogenated alkanes) is 18. The summed E-state index contributed by atoms with van der Waals surface area (Å²) in [5, 5.41) is 1.57. The van der Waals surface area contributed by atoms with E-state index >= 15 is 0 Å². The molecule has 2 aromatic carbocycles. The van der Waals surface area contributed by atoms with Crippen LogP contribution in [0.3, 0.4) is 0 Å². The molecule has 3 nitrogen and oxygen atoms in total. The molecule has 0 aliphatic rings. The van der Waals surface area contributed by atoms with Gasteiger partial charge in [-0.25, -0.2) is 0 Å². The second-order valence-corrected chi connectivity index (χ2v) is 12.8. The molecule has 0 aliphatic carbocycles. The van der Waals surface area contributed by atoms with Gasteiger partial charge in [0.2, 0.25) is 0 Å². The summed E-state index contributed by atoms with van der Waals surface area (Å²) in [6.45, 7) is 4.51. The van der Waals surface area contributed by atoms with Crippen LogP contribution in [0.5, 0.6) is 0 Å². The molecule has 2 rings (SSSR count). The second kappa shape index (κ2) is 22.2. The second-order valence-electron chi connectivity index (χ2n) is 11.4. The van der Waals surface area contributed by atoms with Gasteiger partial charge in [-0.05, 0) is 42.2 Å². The molecule has 0 unspecified atom stereocenters. The van der Waals surface area contributed by atoms with Crippen LogP contribution in [0, 0.1) is 0 Å². The number of rotatable bonds is 23. The van der Waals surface area contributed by atoms with Crippen LogP contribution in [0.2, 0.25) is 0 Å². The third-order valence-corrected chi connectivity index (χ3v) is 8.99. The van der Waals surface area contributed by atoms with Gasteiger partial charge in [-0.2, -0.15) is 8.42 Å². The molecular weight excluding hydrogens is 511 g/mol. The first-order valence-corrected chi connectivity index (χ1v) is 17.4. The van der Waals surface area contributed by atoms with E-state index in [0.717, 1.165) is 30.2 Å². The van der Waals surface area contributed by atoms with E-state index < -0.39 is 10.1 Å². The van der Waals surface area contributed by atoms with Gasteiger partial charge in [0, 0.05) is 5.39 Å². The first kappa shape index (κ1) is 36.6. The summed E-state index contributed by atoms with van der Waals surface area (Å²) in [6.07, 6.45) is 27.5. The molecule has 0 saturated heterocycles. The Hall–Kier alpha value is -0.390. The van der Waals surface area contributed by atoms with Crippen molar-refractivity contribution >= 4 is 50.4 Å². The summed E-state index contributed by atoms with van der Waals surface area (Å²) in [4.78, 5) is 0.122. The quantitative estimate of drug-likeness (QED) is 0.0824. The van der Waals surface area contributed by atoms with Crippen molar-refractivity contribution in [1.29, 1.82) is 0 Å². The van der Waals surface area contributed by atoms with Crippen LogP contribution in [0.25, 0.3) is 10.8 Å². The van der Waals surface area contributed by atoms with Gasteiger partial charge >= 0.3 is 29.6 Å². The zero-order valence-electron chi connectivity index (χ0n) is 24.6. The fourth-order valence-electron chi connectivity index (χ4n) is 5.67. The summed E-state index contributed by atoms with van der Waals surface area (Å²) < 4.78 is 34.8. The number of aryl methyl sites for hydroxylation is 2. The van der Waals surface area contributed by atoms with Crippen molar-refractivity contribution in [2.75, 3.05) is 0 Å². The molecule has 0 heterocycles. The van der Waals surface area contributed by atoms with Crippen molar-refractivity contribution in [1.82, 2.24) is 0 Å². The minimum absolute atomic E-state index is 0. The number of benzene rings is 2. The molecule has 0 aromatic heterocycles. The Bertz CT molecular complexity index is 1000. The Morgan fingerprint density at radius 1 is 0.564 bits per heavy atom. The van der Waals surface area contributed by atoms with Gasteiger partial charge in [0.1, 0.15) is 4.90 Å². The van der Waals surface area contributed by atoms with Gasteiger partial charge < -0.3 is 0 Å². The molecule has 218 valence electrons. The first-order valence-electron chi connectivity index (χ1n) is 16.0. The van der Waals surface area contributed by atoms with Crippen molar-refractivity contribution < 1.29 is 13.0 Å². The van der Waals surface area contributed by atoms with E-state index in [1.807, 2.05) is 18.2 Å². The molecule has 2 aromatic rings. The van der Waals surface area contributed by atoms with Crippen LogP contribution in [-0.4, -0.2) is 42.5 Å². The fraction of sp³-hybridized carbons (Fsp3) is 0.706. The minimum atomic E-state index is -4.27. The maximum absolute atomic E-state index is 12.4. The van der Waals surface area contributed by atoms with E-state index in [2.05, 4.69) is 26.0 Å². The molecule has 0 bridgehead atoms. The van der Waals surface area contributed by atoms with Crippen LogP contribution < -0.4 is 0 Å². The van der Waals surface area contributed by atoms with Gasteiger partial charge in [0.25, 0.3) is 10.1 Å². The molecule has 0 spiro atoms. The molecule has 39 heavy (non-hydrogen) atoms. The monoisotopic (exact) mass is 568 g/mol. The molecule has 0 radical (unpaired) electrons. The van der Waals surface area contributed by atoms with Crippen molar-refractivity contribution in [2.24, 2.45) is 0 Å². The predicted octanol–water partition coefficient (Wildman–Crippen LogP) is 10.4. The van der Waals surface area contributed by atoms with Gasteiger partial charge in [-0.15, -0.1) is 0 Å². The average Bonchev–Trinajstić information content (AvgIpc) is 2.89. The van der Waals surface area contributed by atoms with Crippen LogP contribution in [0.1, 0.15) is 153 Å². The van der Waals surface area contributed by atoms with Crippen molar-refractivity contribution in [3.05, 3.63) is 41.5 Å². The molecule has 0 amide bonds. The third kappa shape index (κ3) is 15.4. The van der Waals surface area contributed by atoms with E-state index in [9.17, 15) is 13.0 Å². The van der Waals surface area contributed by atoms with E-state index in [1.165, 1.54) is 121 Å². The van der Waals surface area contributed by atoms with Crippen molar-refractivity contribution in [3.63, 3.8) is 0 Å². The number of hydrogen-bond acceptors (Lipinski definition) is 2. The molecule has 5 heteroatoms. The maximum atomic E-state index is 12.4. The summed E-state index contributed by atoms with van der Waals surface area (Å²) in [5.74, 6) is 0. The van der Waals surface area contributed by atoms with Crippen LogP contribution in [-0.2, 0) is 23.0 Å².